The average molecular weight is 377 g/mol. The molecule has 1 saturated heterocycles. The minimum absolute atomic E-state index is 0.0370. The largest absolute Gasteiger partial charge is 0.445 e. The molecule has 1 aliphatic rings. The van der Waals surface area contributed by atoms with Crippen molar-refractivity contribution in [3.8, 4) is 0 Å². The number of halogens is 1. The highest BCUT2D eigenvalue weighted by atomic mass is 35.7. The second-order valence-electron chi connectivity index (χ2n) is 4.68. The summed E-state index contributed by atoms with van der Waals surface area (Å²) in [5.74, 6) is -0.710. The van der Waals surface area contributed by atoms with Gasteiger partial charge in [0.05, 0.1) is 6.54 Å². The number of benzene rings is 1. The first-order valence-electron chi connectivity index (χ1n) is 6.56. The van der Waals surface area contributed by atoms with Crippen molar-refractivity contribution in [3.63, 3.8) is 0 Å². The van der Waals surface area contributed by atoms with Crippen LogP contribution >= 0.6 is 10.7 Å². The summed E-state index contributed by atoms with van der Waals surface area (Å²) < 4.78 is 26.2. The number of rotatable bonds is 5. The van der Waals surface area contributed by atoms with E-state index in [-0.39, 0.29) is 13.2 Å². The SMILES string of the molecule is O=C(N[C@H]1CN(C(=O)NNS(=O)(=O)Cl)C1=O)OCc1ccccc1. The molecule has 1 aliphatic heterocycles. The molecule has 0 bridgehead atoms. The third kappa shape index (κ3) is 5.08. The molecule has 3 N–H and O–H groups in total. The quantitative estimate of drug-likeness (QED) is 0.371. The Bertz CT molecular complexity index is 741. The molecule has 0 radical (unpaired) electrons. The molecule has 0 spiro atoms. The van der Waals surface area contributed by atoms with Crippen LogP contribution in [0.5, 0.6) is 0 Å². The molecule has 10 nitrogen and oxygen atoms in total. The van der Waals surface area contributed by atoms with E-state index in [1.807, 2.05) is 6.07 Å². The van der Waals surface area contributed by atoms with Crippen LogP contribution in [0.15, 0.2) is 30.3 Å². The van der Waals surface area contributed by atoms with Gasteiger partial charge in [-0.1, -0.05) is 30.3 Å². The Morgan fingerprint density at radius 2 is 1.96 bits per heavy atom. The van der Waals surface area contributed by atoms with Crippen molar-refractivity contribution < 1.29 is 27.5 Å². The van der Waals surface area contributed by atoms with Crippen LogP contribution in [0.2, 0.25) is 0 Å². The van der Waals surface area contributed by atoms with E-state index in [1.54, 1.807) is 29.7 Å². The monoisotopic (exact) mass is 376 g/mol. The first-order valence-corrected chi connectivity index (χ1v) is 8.87. The van der Waals surface area contributed by atoms with Crippen molar-refractivity contribution >= 4 is 38.0 Å². The summed E-state index contributed by atoms with van der Waals surface area (Å²) in [4.78, 5) is 37.0. The Hall–Kier alpha value is -2.37. The summed E-state index contributed by atoms with van der Waals surface area (Å²) in [7, 11) is 0.674. The summed E-state index contributed by atoms with van der Waals surface area (Å²) in [6.07, 6.45) is -0.807. The number of urea groups is 1. The van der Waals surface area contributed by atoms with Crippen LogP contribution in [-0.2, 0) is 25.4 Å². The molecule has 24 heavy (non-hydrogen) atoms. The number of hydrazine groups is 1. The van der Waals surface area contributed by atoms with E-state index in [0.29, 0.717) is 4.90 Å². The van der Waals surface area contributed by atoms with Crippen LogP contribution in [0.25, 0.3) is 0 Å². The summed E-state index contributed by atoms with van der Waals surface area (Å²) >= 11 is 0. The summed E-state index contributed by atoms with van der Waals surface area (Å²) in [6.45, 7) is -0.0929. The van der Waals surface area contributed by atoms with E-state index >= 15 is 0 Å². The van der Waals surface area contributed by atoms with Crippen molar-refractivity contribution in [2.24, 2.45) is 0 Å². The van der Waals surface area contributed by atoms with Crippen molar-refractivity contribution in [2.45, 2.75) is 12.6 Å². The molecular formula is C12H13ClN4O6S. The zero-order valence-corrected chi connectivity index (χ0v) is 13.6. The third-order valence-electron chi connectivity index (χ3n) is 2.96. The van der Waals surface area contributed by atoms with Gasteiger partial charge in [0.25, 0.3) is 5.91 Å². The van der Waals surface area contributed by atoms with Gasteiger partial charge in [0.1, 0.15) is 12.6 Å². The zero-order valence-electron chi connectivity index (χ0n) is 12.1. The highest BCUT2D eigenvalue weighted by Gasteiger charge is 2.42. The van der Waals surface area contributed by atoms with E-state index in [0.717, 1.165) is 5.56 Å². The molecule has 2 rings (SSSR count). The van der Waals surface area contributed by atoms with Crippen LogP contribution in [0, 0.1) is 0 Å². The average Bonchev–Trinajstić information content (AvgIpc) is 2.54. The molecule has 0 aliphatic carbocycles. The van der Waals surface area contributed by atoms with Gasteiger partial charge in [-0.15, -0.1) is 4.83 Å². The normalized spacial score (nSPS) is 17.0. The number of carbonyl (C=O) groups is 3. The maximum absolute atomic E-state index is 11.7. The first kappa shape index (κ1) is 18.0. The number of β-lactam (4-membered cyclic amide) rings is 1. The van der Waals surface area contributed by atoms with Gasteiger partial charge in [-0.05, 0) is 5.56 Å². The highest BCUT2D eigenvalue weighted by molar-refractivity contribution is 8.12. The van der Waals surface area contributed by atoms with E-state index < -0.39 is 33.3 Å². The lowest BCUT2D eigenvalue weighted by Gasteiger charge is -2.36. The standard InChI is InChI=1S/C12H13ClN4O6S/c13-24(21,22)16-15-11(19)17-6-9(10(17)18)14-12(20)23-7-8-4-2-1-3-5-8/h1-5,9,16H,6-7H2,(H,14,20)(H,15,19)/t9-/m0/s1. The number of hydrogen-bond donors (Lipinski definition) is 3. The molecule has 130 valence electrons. The molecule has 1 atom stereocenters. The molecule has 4 amide bonds. The number of imide groups is 1. The number of nitrogens with one attached hydrogen (secondary N) is 3. The van der Waals surface area contributed by atoms with Crippen LogP contribution in [-0.4, -0.2) is 43.9 Å². The Labute approximate surface area is 141 Å². The Balaban J connectivity index is 1.73. The van der Waals surface area contributed by atoms with Crippen LogP contribution in [0.3, 0.4) is 0 Å². The second kappa shape index (κ2) is 7.47. The topological polar surface area (TPSA) is 134 Å². The molecule has 1 fully saturated rings. The number of likely N-dealkylation sites (tertiary alicyclic amines) is 1. The molecule has 12 heteroatoms. The lowest BCUT2D eigenvalue weighted by Crippen LogP contribution is -2.68. The molecular weight excluding hydrogens is 364 g/mol. The Morgan fingerprint density at radius 1 is 1.29 bits per heavy atom. The van der Waals surface area contributed by atoms with Crippen LogP contribution in [0.4, 0.5) is 9.59 Å². The van der Waals surface area contributed by atoms with Gasteiger partial charge in [-0.3, -0.25) is 15.1 Å². The van der Waals surface area contributed by atoms with Gasteiger partial charge < -0.3 is 10.1 Å². The summed E-state index contributed by atoms with van der Waals surface area (Å²) in [6, 6.07) is 7.00. The fraction of sp³-hybridized carbons (Fsp3) is 0.250. The lowest BCUT2D eigenvalue weighted by atomic mass is 10.1. The lowest BCUT2D eigenvalue weighted by molar-refractivity contribution is -0.139. The molecule has 0 saturated carbocycles. The molecule has 1 aromatic rings. The Morgan fingerprint density at radius 3 is 2.54 bits per heavy atom. The number of nitrogens with zero attached hydrogens (tertiary/aromatic N) is 1. The van der Waals surface area contributed by atoms with Crippen LogP contribution in [0.1, 0.15) is 5.56 Å². The fourth-order valence-corrected chi connectivity index (χ4v) is 2.12. The van der Waals surface area contributed by atoms with Gasteiger partial charge >= 0.3 is 21.4 Å². The van der Waals surface area contributed by atoms with Crippen LogP contribution < -0.4 is 15.6 Å². The molecule has 1 heterocycles. The molecule has 0 unspecified atom stereocenters. The maximum Gasteiger partial charge on any atom is 0.408 e. The number of alkyl carbamates (subject to hydrolysis) is 1. The van der Waals surface area contributed by atoms with E-state index in [1.165, 1.54) is 4.83 Å². The van der Waals surface area contributed by atoms with E-state index in [2.05, 4.69) is 5.32 Å². The Kier molecular flexibility index (Phi) is 5.59. The van der Waals surface area contributed by atoms with E-state index in [9.17, 15) is 22.8 Å². The van der Waals surface area contributed by atoms with Gasteiger partial charge in [0.15, 0.2) is 0 Å². The zero-order chi connectivity index (χ0) is 17.7. The molecule has 1 aromatic carbocycles. The predicted octanol–water partition coefficient (Wildman–Crippen LogP) is -0.179. The van der Waals surface area contributed by atoms with Gasteiger partial charge in [-0.2, -0.15) is 8.42 Å². The number of amides is 4. The predicted molar refractivity (Wildman–Crippen MR) is 81.7 cm³/mol. The number of hydrogen-bond acceptors (Lipinski definition) is 6. The van der Waals surface area contributed by atoms with Crippen molar-refractivity contribution in [1.29, 1.82) is 0 Å². The van der Waals surface area contributed by atoms with Crippen molar-refractivity contribution in [1.82, 2.24) is 20.5 Å². The highest BCUT2D eigenvalue weighted by Crippen LogP contribution is 2.11. The first-order chi connectivity index (χ1) is 11.3. The minimum atomic E-state index is -4.16. The fourth-order valence-electron chi connectivity index (χ4n) is 1.80. The van der Waals surface area contributed by atoms with E-state index in [4.69, 9.17) is 15.4 Å². The summed E-state index contributed by atoms with van der Waals surface area (Å²) in [5.41, 5.74) is 2.51. The summed E-state index contributed by atoms with van der Waals surface area (Å²) in [5, 5.41) is 2.30. The number of ether oxygens (including phenoxy) is 1. The maximum atomic E-state index is 11.7. The van der Waals surface area contributed by atoms with Gasteiger partial charge in [0.2, 0.25) is 0 Å². The van der Waals surface area contributed by atoms with Gasteiger partial charge in [0, 0.05) is 10.7 Å². The van der Waals surface area contributed by atoms with Gasteiger partial charge in [-0.25, -0.2) is 9.59 Å². The smallest absolute Gasteiger partial charge is 0.408 e. The second-order valence-corrected chi connectivity index (χ2v) is 6.98. The minimum Gasteiger partial charge on any atom is -0.445 e. The molecule has 0 aromatic heterocycles. The van der Waals surface area contributed by atoms with Crippen molar-refractivity contribution in [2.75, 3.05) is 6.54 Å². The third-order valence-corrected chi connectivity index (χ3v) is 3.54. The number of carbonyl (C=O) groups excluding carboxylic acids is 3. The van der Waals surface area contributed by atoms with Crippen molar-refractivity contribution in [3.05, 3.63) is 35.9 Å².